The molecule has 23 heavy (non-hydrogen) atoms. The summed E-state index contributed by atoms with van der Waals surface area (Å²) in [5.41, 5.74) is 0.242. The van der Waals surface area contributed by atoms with Crippen molar-refractivity contribution in [3.63, 3.8) is 0 Å². The molecular weight excluding hydrogens is 390 g/mol. The average molecular weight is 398 g/mol. The number of aromatic nitrogens is 2. The Bertz CT molecular complexity index is 891. The summed E-state index contributed by atoms with van der Waals surface area (Å²) in [7, 11) is 0. The van der Waals surface area contributed by atoms with Crippen LogP contribution in [0, 0.1) is 11.6 Å². The number of carbonyl (C=O) groups excluding carboxylic acids is 1. The number of halogens is 4. The van der Waals surface area contributed by atoms with Crippen LogP contribution in [0.15, 0.2) is 47.1 Å². The summed E-state index contributed by atoms with van der Waals surface area (Å²) in [6.45, 7) is 0. The highest BCUT2D eigenvalue weighted by Gasteiger charge is 2.23. The predicted octanol–water partition coefficient (Wildman–Crippen LogP) is 5.05. The SMILES string of the molecule is O=Cc1c(-c2c(F)cccc2Cl)nn(-c2ccccc2F)c1Br. The van der Waals surface area contributed by atoms with Gasteiger partial charge in [-0.15, -0.1) is 0 Å². The van der Waals surface area contributed by atoms with Gasteiger partial charge in [0.2, 0.25) is 0 Å². The van der Waals surface area contributed by atoms with Gasteiger partial charge in [0.1, 0.15) is 27.6 Å². The maximum Gasteiger partial charge on any atom is 0.155 e. The number of para-hydroxylation sites is 1. The molecule has 0 aliphatic rings. The summed E-state index contributed by atoms with van der Waals surface area (Å²) < 4.78 is 29.5. The van der Waals surface area contributed by atoms with E-state index in [1.165, 1.54) is 41.1 Å². The van der Waals surface area contributed by atoms with Crippen LogP contribution in [0.25, 0.3) is 16.9 Å². The molecule has 0 N–H and O–H groups in total. The molecule has 0 radical (unpaired) electrons. The minimum absolute atomic E-state index is 0.00736. The van der Waals surface area contributed by atoms with Crippen LogP contribution >= 0.6 is 27.5 Å². The number of hydrogen-bond donors (Lipinski definition) is 0. The van der Waals surface area contributed by atoms with Crippen molar-refractivity contribution in [1.29, 1.82) is 0 Å². The minimum atomic E-state index is -0.619. The second kappa shape index (κ2) is 6.22. The lowest BCUT2D eigenvalue weighted by molar-refractivity contribution is 0.112. The molecule has 7 heteroatoms. The van der Waals surface area contributed by atoms with E-state index in [2.05, 4.69) is 21.0 Å². The second-order valence-electron chi connectivity index (χ2n) is 4.63. The first-order chi connectivity index (χ1) is 11.0. The zero-order chi connectivity index (χ0) is 16.6. The molecule has 0 bridgehead atoms. The Balaban J connectivity index is 2.31. The van der Waals surface area contributed by atoms with Gasteiger partial charge in [0.05, 0.1) is 16.1 Å². The molecule has 2 aromatic carbocycles. The van der Waals surface area contributed by atoms with Gasteiger partial charge in [0, 0.05) is 0 Å². The van der Waals surface area contributed by atoms with Crippen molar-refractivity contribution >= 4 is 33.8 Å². The van der Waals surface area contributed by atoms with Gasteiger partial charge in [0.15, 0.2) is 6.29 Å². The van der Waals surface area contributed by atoms with Crippen LogP contribution in [-0.4, -0.2) is 16.1 Å². The molecule has 0 aliphatic heterocycles. The molecule has 3 nitrogen and oxygen atoms in total. The van der Waals surface area contributed by atoms with Crippen LogP contribution in [0.5, 0.6) is 0 Å². The summed E-state index contributed by atoms with van der Waals surface area (Å²) in [6.07, 6.45) is 0.520. The number of hydrogen-bond acceptors (Lipinski definition) is 2. The van der Waals surface area contributed by atoms with Crippen molar-refractivity contribution in [3.05, 3.63) is 69.3 Å². The van der Waals surface area contributed by atoms with E-state index >= 15 is 0 Å². The lowest BCUT2D eigenvalue weighted by Gasteiger charge is -2.04. The third-order valence-electron chi connectivity index (χ3n) is 3.26. The molecule has 0 saturated carbocycles. The minimum Gasteiger partial charge on any atom is -0.298 e. The van der Waals surface area contributed by atoms with E-state index in [9.17, 15) is 13.6 Å². The Morgan fingerprint density at radius 3 is 2.43 bits per heavy atom. The standard InChI is InChI=1S/C16H8BrClF2N2O/c17-16-9(8-23)15(14-10(18)4-3-6-12(14)20)21-22(16)13-7-2-1-5-11(13)19/h1-8H. The molecule has 0 aliphatic carbocycles. The van der Waals surface area contributed by atoms with Gasteiger partial charge >= 0.3 is 0 Å². The lowest BCUT2D eigenvalue weighted by Crippen LogP contribution is -2.00. The molecular formula is C16H8BrClF2N2O. The fourth-order valence-electron chi connectivity index (χ4n) is 2.21. The largest absolute Gasteiger partial charge is 0.298 e. The van der Waals surface area contributed by atoms with Crippen LogP contribution < -0.4 is 0 Å². The van der Waals surface area contributed by atoms with Gasteiger partial charge in [0.25, 0.3) is 0 Å². The fraction of sp³-hybridized carbons (Fsp3) is 0. The summed E-state index contributed by atoms with van der Waals surface area (Å²) in [5.74, 6) is -1.15. The Labute approximate surface area is 143 Å². The number of rotatable bonds is 3. The highest BCUT2D eigenvalue weighted by atomic mass is 79.9. The summed E-state index contributed by atoms with van der Waals surface area (Å²) in [6, 6.07) is 10.1. The molecule has 0 saturated heterocycles. The van der Waals surface area contributed by atoms with Gasteiger partial charge in [-0.25, -0.2) is 13.5 Å². The van der Waals surface area contributed by atoms with Gasteiger partial charge in [-0.3, -0.25) is 4.79 Å². The van der Waals surface area contributed by atoms with Crippen molar-refractivity contribution in [2.24, 2.45) is 0 Å². The topological polar surface area (TPSA) is 34.9 Å². The van der Waals surface area contributed by atoms with Crippen molar-refractivity contribution < 1.29 is 13.6 Å². The van der Waals surface area contributed by atoms with E-state index in [1.807, 2.05) is 0 Å². The Hall–Kier alpha value is -2.05. The number of benzene rings is 2. The van der Waals surface area contributed by atoms with E-state index in [-0.39, 0.29) is 32.1 Å². The van der Waals surface area contributed by atoms with Gasteiger partial charge in [-0.2, -0.15) is 5.10 Å². The molecule has 3 aromatic rings. The van der Waals surface area contributed by atoms with Crippen LogP contribution in [0.1, 0.15) is 10.4 Å². The molecule has 0 unspecified atom stereocenters. The van der Waals surface area contributed by atoms with Crippen molar-refractivity contribution in [1.82, 2.24) is 9.78 Å². The Kier molecular flexibility index (Phi) is 4.28. The van der Waals surface area contributed by atoms with Crippen LogP contribution in [0.4, 0.5) is 8.78 Å². The van der Waals surface area contributed by atoms with Gasteiger partial charge < -0.3 is 0 Å². The van der Waals surface area contributed by atoms with Gasteiger partial charge in [-0.05, 0) is 40.2 Å². The van der Waals surface area contributed by atoms with E-state index < -0.39 is 11.6 Å². The summed E-state index contributed by atoms with van der Waals surface area (Å²) in [4.78, 5) is 11.4. The zero-order valence-electron chi connectivity index (χ0n) is 11.4. The third-order valence-corrected chi connectivity index (χ3v) is 4.34. The first kappa shape index (κ1) is 15.8. The molecule has 1 heterocycles. The first-order valence-electron chi connectivity index (χ1n) is 6.47. The second-order valence-corrected chi connectivity index (χ2v) is 5.79. The van der Waals surface area contributed by atoms with Crippen LogP contribution in [-0.2, 0) is 0 Å². The maximum atomic E-state index is 14.1. The highest BCUT2D eigenvalue weighted by molar-refractivity contribution is 9.10. The van der Waals surface area contributed by atoms with Crippen LogP contribution in [0.3, 0.4) is 0 Å². The van der Waals surface area contributed by atoms with Crippen LogP contribution in [0.2, 0.25) is 5.02 Å². The quantitative estimate of drug-likeness (QED) is 0.580. The molecule has 116 valence electrons. The van der Waals surface area contributed by atoms with Crippen molar-refractivity contribution in [2.75, 3.05) is 0 Å². The lowest BCUT2D eigenvalue weighted by atomic mass is 10.1. The average Bonchev–Trinajstić information content (AvgIpc) is 2.84. The number of aldehydes is 1. The number of nitrogens with zero attached hydrogens (tertiary/aromatic N) is 2. The Morgan fingerprint density at radius 1 is 1.09 bits per heavy atom. The molecule has 0 atom stereocenters. The highest BCUT2D eigenvalue weighted by Crippen LogP contribution is 2.35. The normalized spacial score (nSPS) is 10.8. The van der Waals surface area contributed by atoms with Crippen molar-refractivity contribution in [3.8, 4) is 16.9 Å². The smallest absolute Gasteiger partial charge is 0.155 e. The monoisotopic (exact) mass is 396 g/mol. The Morgan fingerprint density at radius 2 is 1.78 bits per heavy atom. The molecule has 1 aromatic heterocycles. The van der Waals surface area contributed by atoms with E-state index in [1.54, 1.807) is 6.07 Å². The first-order valence-corrected chi connectivity index (χ1v) is 7.64. The molecule has 0 spiro atoms. The third kappa shape index (κ3) is 2.68. The molecule has 3 rings (SSSR count). The molecule has 0 amide bonds. The number of carbonyl (C=O) groups is 1. The van der Waals surface area contributed by atoms with E-state index in [0.29, 0.717) is 6.29 Å². The summed E-state index contributed by atoms with van der Waals surface area (Å²) >= 11 is 9.25. The van der Waals surface area contributed by atoms with E-state index in [0.717, 1.165) is 0 Å². The van der Waals surface area contributed by atoms with E-state index in [4.69, 9.17) is 11.6 Å². The van der Waals surface area contributed by atoms with Crippen molar-refractivity contribution in [2.45, 2.75) is 0 Å². The van der Waals surface area contributed by atoms with Gasteiger partial charge in [-0.1, -0.05) is 29.8 Å². The maximum absolute atomic E-state index is 14.1. The molecule has 0 fully saturated rings. The zero-order valence-corrected chi connectivity index (χ0v) is 13.8. The summed E-state index contributed by atoms with van der Waals surface area (Å²) in [5, 5.41) is 4.29. The predicted molar refractivity (Wildman–Crippen MR) is 87.0 cm³/mol. The fourth-order valence-corrected chi connectivity index (χ4v) is 3.01.